The molecule has 0 aliphatic heterocycles. The Hall–Kier alpha value is -0.340. The van der Waals surface area contributed by atoms with Gasteiger partial charge in [-0.2, -0.15) is 0 Å². The first kappa shape index (κ1) is 13.7. The van der Waals surface area contributed by atoms with Gasteiger partial charge in [0.25, 0.3) is 0 Å². The molecule has 0 saturated carbocycles. The van der Waals surface area contributed by atoms with Crippen molar-refractivity contribution in [3.63, 3.8) is 0 Å². The van der Waals surface area contributed by atoms with Crippen LogP contribution in [0.3, 0.4) is 0 Å². The predicted molar refractivity (Wildman–Crippen MR) is 74.9 cm³/mol. The van der Waals surface area contributed by atoms with Gasteiger partial charge in [0, 0.05) is 17.1 Å². The van der Waals surface area contributed by atoms with Gasteiger partial charge in [0.1, 0.15) is 0 Å². The number of rotatable bonds is 6. The molecule has 1 N–H and O–H groups in total. The van der Waals surface area contributed by atoms with Crippen molar-refractivity contribution in [1.29, 1.82) is 0 Å². The standard InChI is InChI=1S/C14H22BrN/c1-4-7-12(10-16-11(2)3)13-8-5-6-9-14(13)15/h5-6,8-9,11-12,16H,4,7,10H2,1-3H3. The summed E-state index contributed by atoms with van der Waals surface area (Å²) in [7, 11) is 0. The molecule has 0 saturated heterocycles. The molecule has 0 bridgehead atoms. The third-order valence-corrected chi connectivity index (χ3v) is 3.48. The Morgan fingerprint density at radius 3 is 2.50 bits per heavy atom. The molecule has 1 nitrogen and oxygen atoms in total. The summed E-state index contributed by atoms with van der Waals surface area (Å²) in [6.45, 7) is 7.71. The van der Waals surface area contributed by atoms with Crippen molar-refractivity contribution in [2.24, 2.45) is 0 Å². The third kappa shape index (κ3) is 4.26. The van der Waals surface area contributed by atoms with Crippen LogP contribution >= 0.6 is 15.9 Å². The van der Waals surface area contributed by atoms with Crippen molar-refractivity contribution in [1.82, 2.24) is 5.32 Å². The fourth-order valence-corrected chi connectivity index (χ4v) is 2.51. The zero-order valence-corrected chi connectivity index (χ0v) is 12.0. The molecule has 0 heterocycles. The van der Waals surface area contributed by atoms with Gasteiger partial charge in [-0.15, -0.1) is 0 Å². The molecule has 0 amide bonds. The highest BCUT2D eigenvalue weighted by Gasteiger charge is 2.13. The van der Waals surface area contributed by atoms with Crippen LogP contribution in [0.15, 0.2) is 28.7 Å². The van der Waals surface area contributed by atoms with E-state index in [4.69, 9.17) is 0 Å². The van der Waals surface area contributed by atoms with E-state index in [1.807, 2.05) is 0 Å². The largest absolute Gasteiger partial charge is 0.314 e. The number of benzene rings is 1. The molecule has 0 radical (unpaired) electrons. The van der Waals surface area contributed by atoms with Crippen molar-refractivity contribution in [3.05, 3.63) is 34.3 Å². The second-order valence-electron chi connectivity index (χ2n) is 4.57. The van der Waals surface area contributed by atoms with Crippen molar-refractivity contribution in [2.45, 2.75) is 45.6 Å². The summed E-state index contributed by atoms with van der Waals surface area (Å²) in [4.78, 5) is 0. The number of hydrogen-bond donors (Lipinski definition) is 1. The van der Waals surface area contributed by atoms with Crippen LogP contribution in [0.1, 0.15) is 45.1 Å². The van der Waals surface area contributed by atoms with E-state index >= 15 is 0 Å². The van der Waals surface area contributed by atoms with E-state index in [0.717, 1.165) is 6.54 Å². The highest BCUT2D eigenvalue weighted by Crippen LogP contribution is 2.27. The first-order chi connectivity index (χ1) is 7.65. The van der Waals surface area contributed by atoms with Crippen LogP contribution < -0.4 is 5.32 Å². The van der Waals surface area contributed by atoms with Gasteiger partial charge in [-0.05, 0) is 24.0 Å². The van der Waals surface area contributed by atoms with Gasteiger partial charge in [0.15, 0.2) is 0 Å². The van der Waals surface area contributed by atoms with Crippen LogP contribution in [0.5, 0.6) is 0 Å². The molecule has 90 valence electrons. The Labute approximate surface area is 108 Å². The van der Waals surface area contributed by atoms with Crippen LogP contribution in [0.4, 0.5) is 0 Å². The molecule has 1 aromatic rings. The molecule has 1 aromatic carbocycles. The van der Waals surface area contributed by atoms with E-state index in [-0.39, 0.29) is 0 Å². The van der Waals surface area contributed by atoms with Crippen molar-refractivity contribution in [3.8, 4) is 0 Å². The molecule has 1 unspecified atom stereocenters. The maximum Gasteiger partial charge on any atom is 0.0210 e. The fraction of sp³-hybridized carbons (Fsp3) is 0.571. The molecule has 0 aromatic heterocycles. The molecular weight excluding hydrogens is 262 g/mol. The minimum Gasteiger partial charge on any atom is -0.314 e. The molecule has 16 heavy (non-hydrogen) atoms. The zero-order chi connectivity index (χ0) is 12.0. The summed E-state index contributed by atoms with van der Waals surface area (Å²) in [6, 6.07) is 9.12. The van der Waals surface area contributed by atoms with Gasteiger partial charge in [-0.3, -0.25) is 0 Å². The summed E-state index contributed by atoms with van der Waals surface area (Å²) in [6.07, 6.45) is 2.47. The Morgan fingerprint density at radius 2 is 1.94 bits per heavy atom. The van der Waals surface area contributed by atoms with Crippen LogP contribution in [0.2, 0.25) is 0 Å². The second-order valence-corrected chi connectivity index (χ2v) is 5.42. The lowest BCUT2D eigenvalue weighted by Crippen LogP contribution is -2.28. The first-order valence-corrected chi connectivity index (χ1v) is 6.92. The lowest BCUT2D eigenvalue weighted by atomic mass is 9.94. The first-order valence-electron chi connectivity index (χ1n) is 6.13. The topological polar surface area (TPSA) is 12.0 Å². The summed E-state index contributed by atoms with van der Waals surface area (Å²) < 4.78 is 1.24. The Bertz CT molecular complexity index is 309. The maximum atomic E-state index is 3.65. The number of halogens is 1. The van der Waals surface area contributed by atoms with Gasteiger partial charge in [-0.25, -0.2) is 0 Å². The summed E-state index contributed by atoms with van der Waals surface area (Å²) in [5.74, 6) is 0.614. The Kier molecular flexibility index (Phi) is 6.07. The molecule has 1 atom stereocenters. The molecule has 0 aliphatic carbocycles. The average Bonchev–Trinajstić information content (AvgIpc) is 2.25. The van der Waals surface area contributed by atoms with Crippen molar-refractivity contribution in [2.75, 3.05) is 6.54 Å². The minimum atomic E-state index is 0.557. The molecule has 1 rings (SSSR count). The lowest BCUT2D eigenvalue weighted by molar-refractivity contribution is 0.503. The highest BCUT2D eigenvalue weighted by molar-refractivity contribution is 9.10. The fourth-order valence-electron chi connectivity index (χ4n) is 1.90. The summed E-state index contributed by atoms with van der Waals surface area (Å²) in [5, 5.41) is 3.54. The van der Waals surface area contributed by atoms with E-state index in [0.29, 0.717) is 12.0 Å². The SMILES string of the molecule is CCCC(CNC(C)C)c1ccccc1Br. The van der Waals surface area contributed by atoms with Crippen LogP contribution in [0.25, 0.3) is 0 Å². The van der Waals surface area contributed by atoms with Crippen molar-refractivity contribution < 1.29 is 0 Å². The lowest BCUT2D eigenvalue weighted by Gasteiger charge is -2.20. The molecule has 0 spiro atoms. The van der Waals surface area contributed by atoms with E-state index in [9.17, 15) is 0 Å². The predicted octanol–water partition coefficient (Wildman–Crippen LogP) is 4.33. The summed E-state index contributed by atoms with van der Waals surface area (Å²) in [5.41, 5.74) is 1.43. The molecule has 0 fully saturated rings. The average molecular weight is 284 g/mol. The maximum absolute atomic E-state index is 3.65. The van der Waals surface area contributed by atoms with E-state index in [2.05, 4.69) is 66.3 Å². The van der Waals surface area contributed by atoms with E-state index in [1.165, 1.54) is 22.9 Å². The minimum absolute atomic E-state index is 0.557. The number of nitrogens with one attached hydrogen (secondary N) is 1. The van der Waals surface area contributed by atoms with Crippen LogP contribution in [-0.2, 0) is 0 Å². The van der Waals surface area contributed by atoms with Gasteiger partial charge in [0.05, 0.1) is 0 Å². The van der Waals surface area contributed by atoms with Gasteiger partial charge in [0.2, 0.25) is 0 Å². The molecule has 0 aliphatic rings. The second kappa shape index (κ2) is 7.08. The van der Waals surface area contributed by atoms with Gasteiger partial charge < -0.3 is 5.32 Å². The number of hydrogen-bond acceptors (Lipinski definition) is 1. The quantitative estimate of drug-likeness (QED) is 0.819. The van der Waals surface area contributed by atoms with E-state index < -0.39 is 0 Å². The molecular formula is C14H22BrN. The Morgan fingerprint density at radius 1 is 1.25 bits per heavy atom. The zero-order valence-electron chi connectivity index (χ0n) is 10.5. The molecule has 2 heteroatoms. The Balaban J connectivity index is 2.73. The van der Waals surface area contributed by atoms with Gasteiger partial charge >= 0.3 is 0 Å². The summed E-state index contributed by atoms with van der Waals surface area (Å²) >= 11 is 3.65. The van der Waals surface area contributed by atoms with Crippen molar-refractivity contribution >= 4 is 15.9 Å². The van der Waals surface area contributed by atoms with Crippen LogP contribution in [0, 0.1) is 0 Å². The van der Waals surface area contributed by atoms with Crippen LogP contribution in [-0.4, -0.2) is 12.6 Å². The smallest absolute Gasteiger partial charge is 0.0210 e. The highest BCUT2D eigenvalue weighted by atomic mass is 79.9. The normalized spacial score (nSPS) is 13.1. The monoisotopic (exact) mass is 283 g/mol. The third-order valence-electron chi connectivity index (χ3n) is 2.75. The van der Waals surface area contributed by atoms with Gasteiger partial charge in [-0.1, -0.05) is 61.3 Å². The van der Waals surface area contributed by atoms with E-state index in [1.54, 1.807) is 0 Å².